The van der Waals surface area contributed by atoms with Crippen LogP contribution in [0.15, 0.2) is 18.6 Å². The van der Waals surface area contributed by atoms with E-state index >= 15 is 0 Å². The zero-order chi connectivity index (χ0) is 20.2. The van der Waals surface area contributed by atoms with Gasteiger partial charge in [0.15, 0.2) is 0 Å². The van der Waals surface area contributed by atoms with Crippen LogP contribution in [-0.4, -0.2) is 59.6 Å². The Hall–Kier alpha value is -2.06. The smallest absolute Gasteiger partial charge is 0.285 e. The molecule has 1 fully saturated rings. The fourth-order valence-corrected chi connectivity index (χ4v) is 3.64. The predicted octanol–water partition coefficient (Wildman–Crippen LogP) is 1.93. The summed E-state index contributed by atoms with van der Waals surface area (Å²) in [6.45, 7) is 3.63. The van der Waals surface area contributed by atoms with E-state index in [1.54, 1.807) is 7.11 Å². The second-order valence-corrected chi connectivity index (χ2v) is 7.21. The average Bonchev–Trinajstić information content (AvgIpc) is 2.73. The third kappa shape index (κ3) is 6.83. The van der Waals surface area contributed by atoms with Gasteiger partial charge in [0.05, 0.1) is 12.8 Å². The Labute approximate surface area is 167 Å². The number of aromatic nitrogens is 2. The molecule has 1 aliphatic carbocycles. The molecule has 1 aromatic heterocycles. The summed E-state index contributed by atoms with van der Waals surface area (Å²) in [7, 11) is 1.61. The topological polar surface area (TPSA) is 96.5 Å². The van der Waals surface area contributed by atoms with Crippen LogP contribution in [-0.2, 0) is 9.53 Å². The third-order valence-corrected chi connectivity index (χ3v) is 5.10. The van der Waals surface area contributed by atoms with Crippen molar-refractivity contribution in [3.8, 4) is 0 Å². The molecule has 0 aromatic carbocycles. The van der Waals surface area contributed by atoms with Gasteiger partial charge >= 0.3 is 0 Å². The van der Waals surface area contributed by atoms with E-state index in [9.17, 15) is 9.59 Å². The van der Waals surface area contributed by atoms with Crippen LogP contribution in [0.25, 0.3) is 0 Å². The minimum absolute atomic E-state index is 0.0560. The first-order valence-electron chi connectivity index (χ1n) is 10.3. The lowest BCUT2D eigenvalue weighted by molar-refractivity contribution is -0.130. The van der Waals surface area contributed by atoms with Crippen LogP contribution in [0.2, 0.25) is 0 Å². The zero-order valence-corrected chi connectivity index (χ0v) is 17.0. The normalized spacial score (nSPS) is 16.0. The SMILES string of the molecule is CCCCN(NC(=O)c1cnccn1)[C@@H](C(=O)NCCOC)C1CCCCC1. The van der Waals surface area contributed by atoms with Crippen molar-refractivity contribution in [3.05, 3.63) is 24.3 Å². The van der Waals surface area contributed by atoms with E-state index in [0.29, 0.717) is 19.7 Å². The molecule has 8 heteroatoms. The lowest BCUT2D eigenvalue weighted by Crippen LogP contribution is -2.58. The highest BCUT2D eigenvalue weighted by Gasteiger charge is 2.35. The fraction of sp³-hybridized carbons (Fsp3) is 0.700. The minimum Gasteiger partial charge on any atom is -0.383 e. The summed E-state index contributed by atoms with van der Waals surface area (Å²) in [5, 5.41) is 4.78. The molecule has 0 radical (unpaired) electrons. The van der Waals surface area contributed by atoms with Crippen LogP contribution in [0.1, 0.15) is 62.4 Å². The number of nitrogens with zero attached hydrogens (tertiary/aromatic N) is 3. The molecule has 2 N–H and O–H groups in total. The van der Waals surface area contributed by atoms with Gasteiger partial charge in [-0.25, -0.2) is 9.99 Å². The molecule has 1 atom stereocenters. The molecule has 0 bridgehead atoms. The van der Waals surface area contributed by atoms with Gasteiger partial charge in [-0.1, -0.05) is 32.6 Å². The molecule has 28 heavy (non-hydrogen) atoms. The maximum absolute atomic E-state index is 13.1. The second kappa shape index (κ2) is 12.4. The van der Waals surface area contributed by atoms with Gasteiger partial charge in [-0.3, -0.25) is 20.0 Å². The van der Waals surface area contributed by atoms with Gasteiger partial charge in [-0.2, -0.15) is 0 Å². The van der Waals surface area contributed by atoms with E-state index in [0.717, 1.165) is 38.5 Å². The average molecular weight is 392 g/mol. The van der Waals surface area contributed by atoms with Gasteiger partial charge in [0, 0.05) is 32.6 Å². The Morgan fingerprint density at radius 1 is 1.29 bits per heavy atom. The summed E-state index contributed by atoms with van der Waals surface area (Å²) in [5.74, 6) is -0.176. The largest absolute Gasteiger partial charge is 0.383 e. The molecular weight excluding hydrogens is 358 g/mol. The molecule has 0 unspecified atom stereocenters. The zero-order valence-electron chi connectivity index (χ0n) is 17.0. The van der Waals surface area contributed by atoms with Crippen molar-refractivity contribution in [3.63, 3.8) is 0 Å². The molecule has 8 nitrogen and oxygen atoms in total. The van der Waals surface area contributed by atoms with Crippen LogP contribution in [0.3, 0.4) is 0 Å². The highest BCUT2D eigenvalue weighted by Crippen LogP contribution is 2.29. The molecule has 1 aromatic rings. The van der Waals surface area contributed by atoms with Crippen LogP contribution in [0.4, 0.5) is 0 Å². The van der Waals surface area contributed by atoms with Crippen molar-refractivity contribution in [2.45, 2.75) is 57.9 Å². The Kier molecular flexibility index (Phi) is 9.85. The summed E-state index contributed by atoms with van der Waals surface area (Å²) in [6, 6.07) is -0.399. The number of hydrazine groups is 1. The molecule has 0 spiro atoms. The summed E-state index contributed by atoms with van der Waals surface area (Å²) < 4.78 is 5.05. The molecular formula is C20H33N5O3. The van der Waals surface area contributed by atoms with E-state index in [-0.39, 0.29) is 23.4 Å². The Balaban J connectivity index is 2.18. The standard InChI is InChI=1S/C20H33N5O3/c1-3-4-13-25(24-19(26)17-15-21-10-11-22-17)18(16-8-6-5-7-9-16)20(27)23-12-14-28-2/h10-11,15-16,18H,3-9,12-14H2,1-2H3,(H,23,27)(H,24,26)/t18-/m1/s1. The maximum atomic E-state index is 13.1. The van der Waals surface area contributed by atoms with E-state index in [4.69, 9.17) is 4.74 Å². The maximum Gasteiger partial charge on any atom is 0.285 e. The van der Waals surface area contributed by atoms with Crippen LogP contribution in [0, 0.1) is 5.92 Å². The second-order valence-electron chi connectivity index (χ2n) is 7.21. The third-order valence-electron chi connectivity index (χ3n) is 5.10. The minimum atomic E-state index is -0.399. The first-order valence-corrected chi connectivity index (χ1v) is 10.3. The quantitative estimate of drug-likeness (QED) is 0.442. The first-order chi connectivity index (χ1) is 13.7. The highest BCUT2D eigenvalue weighted by atomic mass is 16.5. The number of carbonyl (C=O) groups excluding carboxylic acids is 2. The molecule has 1 heterocycles. The number of hydrogen-bond donors (Lipinski definition) is 2. The number of unbranched alkanes of at least 4 members (excludes halogenated alkanes) is 1. The van der Waals surface area contributed by atoms with Crippen molar-refractivity contribution in [1.82, 2.24) is 25.7 Å². The number of amides is 2. The van der Waals surface area contributed by atoms with Gasteiger partial charge in [-0.15, -0.1) is 0 Å². The number of rotatable bonds is 11. The monoisotopic (exact) mass is 391 g/mol. The van der Waals surface area contributed by atoms with Gasteiger partial charge in [0.2, 0.25) is 5.91 Å². The van der Waals surface area contributed by atoms with Crippen LogP contribution >= 0.6 is 0 Å². The summed E-state index contributed by atoms with van der Waals surface area (Å²) >= 11 is 0. The molecule has 1 aliphatic rings. The molecule has 2 amide bonds. The number of carbonyl (C=O) groups is 2. The predicted molar refractivity (Wildman–Crippen MR) is 106 cm³/mol. The lowest BCUT2D eigenvalue weighted by Gasteiger charge is -2.37. The van der Waals surface area contributed by atoms with E-state index in [1.165, 1.54) is 25.0 Å². The highest BCUT2D eigenvalue weighted by molar-refractivity contribution is 5.92. The number of ether oxygens (including phenoxy) is 1. The Morgan fingerprint density at radius 2 is 2.07 bits per heavy atom. The molecule has 1 saturated carbocycles. The van der Waals surface area contributed by atoms with Gasteiger partial charge < -0.3 is 10.1 Å². The van der Waals surface area contributed by atoms with Gasteiger partial charge in [0.1, 0.15) is 11.7 Å². The number of methoxy groups -OCH3 is 1. The van der Waals surface area contributed by atoms with E-state index in [2.05, 4.69) is 27.6 Å². The molecule has 2 rings (SSSR count). The molecule has 0 saturated heterocycles. The van der Waals surface area contributed by atoms with Crippen molar-refractivity contribution < 1.29 is 14.3 Å². The van der Waals surface area contributed by atoms with Crippen molar-refractivity contribution >= 4 is 11.8 Å². The van der Waals surface area contributed by atoms with Crippen molar-refractivity contribution in [1.29, 1.82) is 0 Å². The van der Waals surface area contributed by atoms with Gasteiger partial charge in [0.25, 0.3) is 5.91 Å². The summed E-state index contributed by atoms with van der Waals surface area (Å²) in [6.07, 6.45) is 11.7. The first kappa shape index (κ1) is 22.2. The summed E-state index contributed by atoms with van der Waals surface area (Å²) in [4.78, 5) is 33.8. The summed E-state index contributed by atoms with van der Waals surface area (Å²) in [5.41, 5.74) is 3.18. The van der Waals surface area contributed by atoms with E-state index < -0.39 is 6.04 Å². The molecule has 156 valence electrons. The van der Waals surface area contributed by atoms with Crippen LogP contribution < -0.4 is 10.7 Å². The Bertz CT molecular complexity index is 593. The van der Waals surface area contributed by atoms with Crippen LogP contribution in [0.5, 0.6) is 0 Å². The lowest BCUT2D eigenvalue weighted by atomic mass is 9.83. The number of nitrogens with one attached hydrogen (secondary N) is 2. The number of hydrogen-bond acceptors (Lipinski definition) is 6. The Morgan fingerprint density at radius 3 is 2.71 bits per heavy atom. The van der Waals surface area contributed by atoms with Crippen molar-refractivity contribution in [2.24, 2.45) is 5.92 Å². The van der Waals surface area contributed by atoms with Gasteiger partial charge in [-0.05, 0) is 25.2 Å². The molecule has 0 aliphatic heterocycles. The fourth-order valence-electron chi connectivity index (χ4n) is 3.64. The van der Waals surface area contributed by atoms with Crippen molar-refractivity contribution in [2.75, 3.05) is 26.8 Å². The van der Waals surface area contributed by atoms with E-state index in [1.807, 2.05) is 5.01 Å².